The lowest BCUT2D eigenvalue weighted by molar-refractivity contribution is 0.193. The maximum absolute atomic E-state index is 12.1. The van der Waals surface area contributed by atoms with Gasteiger partial charge < -0.3 is 10.2 Å². The quantitative estimate of drug-likeness (QED) is 0.888. The first-order valence-corrected chi connectivity index (χ1v) is 6.75. The molecule has 0 radical (unpaired) electrons. The van der Waals surface area contributed by atoms with Crippen LogP contribution in [0.4, 0.5) is 4.79 Å². The summed E-state index contributed by atoms with van der Waals surface area (Å²) in [5, 5.41) is 3.11. The van der Waals surface area contributed by atoms with Crippen molar-refractivity contribution in [1.29, 1.82) is 0 Å². The van der Waals surface area contributed by atoms with E-state index in [2.05, 4.69) is 10.3 Å². The van der Waals surface area contributed by atoms with Gasteiger partial charge in [-0.05, 0) is 31.9 Å². The zero-order valence-electron chi connectivity index (χ0n) is 10.9. The molecule has 18 heavy (non-hydrogen) atoms. The Balaban J connectivity index is 1.89. The highest BCUT2D eigenvalue weighted by Gasteiger charge is 2.20. The highest BCUT2D eigenvalue weighted by Crippen LogP contribution is 2.18. The van der Waals surface area contributed by atoms with Gasteiger partial charge in [0.2, 0.25) is 0 Å². The highest BCUT2D eigenvalue weighted by molar-refractivity contribution is 5.74. The van der Waals surface area contributed by atoms with Crippen LogP contribution in [0.2, 0.25) is 0 Å². The van der Waals surface area contributed by atoms with Crippen molar-refractivity contribution in [2.24, 2.45) is 0 Å². The largest absolute Gasteiger partial charge is 0.335 e. The van der Waals surface area contributed by atoms with Gasteiger partial charge in [0.15, 0.2) is 0 Å². The van der Waals surface area contributed by atoms with Crippen molar-refractivity contribution < 1.29 is 4.79 Å². The first kappa shape index (κ1) is 12.9. The lowest BCUT2D eigenvalue weighted by Gasteiger charge is -2.23. The Morgan fingerprint density at radius 2 is 2.22 bits per heavy atom. The average Bonchev–Trinajstić information content (AvgIpc) is 2.90. The number of aromatic nitrogens is 1. The van der Waals surface area contributed by atoms with E-state index < -0.39 is 0 Å². The predicted molar refractivity (Wildman–Crippen MR) is 71.1 cm³/mol. The number of amides is 2. The Bertz CT molecular complexity index is 374. The maximum Gasteiger partial charge on any atom is 0.317 e. The highest BCUT2D eigenvalue weighted by atomic mass is 16.2. The van der Waals surface area contributed by atoms with E-state index in [1.807, 2.05) is 25.1 Å². The lowest BCUT2D eigenvalue weighted by Crippen LogP contribution is -2.43. The molecule has 1 aromatic heterocycles. The van der Waals surface area contributed by atoms with Crippen molar-refractivity contribution in [3.8, 4) is 0 Å². The molecular weight excluding hydrogens is 226 g/mol. The number of nitrogens with zero attached hydrogens (tertiary/aromatic N) is 2. The van der Waals surface area contributed by atoms with Crippen LogP contribution in [-0.4, -0.2) is 28.5 Å². The lowest BCUT2D eigenvalue weighted by atomic mass is 10.2. The Labute approximate surface area is 108 Å². The van der Waals surface area contributed by atoms with Crippen molar-refractivity contribution in [1.82, 2.24) is 15.2 Å². The van der Waals surface area contributed by atoms with Crippen LogP contribution >= 0.6 is 0 Å². The van der Waals surface area contributed by atoms with Gasteiger partial charge in [0, 0.05) is 18.8 Å². The zero-order valence-corrected chi connectivity index (χ0v) is 10.9. The summed E-state index contributed by atoms with van der Waals surface area (Å²) in [6.07, 6.45) is 6.46. The van der Waals surface area contributed by atoms with E-state index >= 15 is 0 Å². The summed E-state index contributed by atoms with van der Waals surface area (Å²) in [7, 11) is 0. The van der Waals surface area contributed by atoms with Crippen molar-refractivity contribution in [2.45, 2.75) is 45.2 Å². The first-order valence-electron chi connectivity index (χ1n) is 6.75. The fourth-order valence-electron chi connectivity index (χ4n) is 2.35. The molecule has 1 saturated carbocycles. The molecule has 0 aromatic carbocycles. The van der Waals surface area contributed by atoms with E-state index in [0.29, 0.717) is 19.1 Å². The minimum Gasteiger partial charge on any atom is -0.335 e. The van der Waals surface area contributed by atoms with Crippen LogP contribution in [0.5, 0.6) is 0 Å². The molecule has 0 atom stereocenters. The van der Waals surface area contributed by atoms with Gasteiger partial charge in [0.25, 0.3) is 0 Å². The molecule has 1 aromatic rings. The monoisotopic (exact) mass is 247 g/mol. The van der Waals surface area contributed by atoms with Gasteiger partial charge in [0.1, 0.15) is 0 Å². The summed E-state index contributed by atoms with van der Waals surface area (Å²) in [5.41, 5.74) is 0.931. The summed E-state index contributed by atoms with van der Waals surface area (Å²) in [5.74, 6) is 0. The number of carbonyl (C=O) groups is 1. The molecule has 0 unspecified atom stereocenters. The topological polar surface area (TPSA) is 45.2 Å². The Morgan fingerprint density at radius 3 is 2.83 bits per heavy atom. The third-order valence-corrected chi connectivity index (χ3v) is 3.43. The van der Waals surface area contributed by atoms with E-state index in [4.69, 9.17) is 0 Å². The Morgan fingerprint density at radius 1 is 1.44 bits per heavy atom. The minimum absolute atomic E-state index is 0.0371. The van der Waals surface area contributed by atoms with Gasteiger partial charge in [-0.15, -0.1) is 0 Å². The van der Waals surface area contributed by atoms with Crippen LogP contribution in [0, 0.1) is 0 Å². The van der Waals surface area contributed by atoms with Crippen LogP contribution in [0.25, 0.3) is 0 Å². The number of pyridine rings is 1. The summed E-state index contributed by atoms with van der Waals surface area (Å²) in [4.78, 5) is 18.2. The molecule has 4 heteroatoms. The predicted octanol–water partition coefficient (Wildman–Crippen LogP) is 2.56. The van der Waals surface area contributed by atoms with Crippen molar-refractivity contribution in [3.05, 3.63) is 30.1 Å². The molecular formula is C14H21N3O. The number of urea groups is 1. The minimum atomic E-state index is 0.0371. The van der Waals surface area contributed by atoms with Crippen LogP contribution in [-0.2, 0) is 6.54 Å². The number of nitrogens with one attached hydrogen (secondary N) is 1. The van der Waals surface area contributed by atoms with Crippen molar-refractivity contribution >= 4 is 6.03 Å². The fraction of sp³-hybridized carbons (Fsp3) is 0.571. The smallest absolute Gasteiger partial charge is 0.317 e. The van der Waals surface area contributed by atoms with Crippen LogP contribution in [0.15, 0.2) is 24.4 Å². The maximum atomic E-state index is 12.1. The van der Waals surface area contributed by atoms with Crippen molar-refractivity contribution in [2.75, 3.05) is 6.54 Å². The second-order valence-electron chi connectivity index (χ2n) is 4.77. The van der Waals surface area contributed by atoms with E-state index in [1.54, 1.807) is 11.1 Å². The molecule has 0 aliphatic heterocycles. The van der Waals surface area contributed by atoms with Gasteiger partial charge in [-0.25, -0.2) is 4.79 Å². The molecule has 2 amide bonds. The average molecular weight is 247 g/mol. The molecule has 1 fully saturated rings. The SMILES string of the molecule is CCN(Cc1ccccn1)C(=O)NC1CCCC1. The Kier molecular flexibility index (Phi) is 4.56. The molecule has 2 rings (SSSR count). The van der Waals surface area contributed by atoms with E-state index in [9.17, 15) is 4.79 Å². The van der Waals surface area contributed by atoms with Crippen molar-refractivity contribution in [3.63, 3.8) is 0 Å². The second kappa shape index (κ2) is 6.38. The molecule has 0 bridgehead atoms. The van der Waals surface area contributed by atoms with Gasteiger partial charge in [-0.2, -0.15) is 0 Å². The number of hydrogen-bond donors (Lipinski definition) is 1. The number of carbonyl (C=O) groups excluding carboxylic acids is 1. The number of hydrogen-bond acceptors (Lipinski definition) is 2. The van der Waals surface area contributed by atoms with E-state index in [-0.39, 0.29) is 6.03 Å². The van der Waals surface area contributed by atoms with E-state index in [0.717, 1.165) is 18.5 Å². The normalized spacial score (nSPS) is 15.6. The first-order chi connectivity index (χ1) is 8.79. The molecule has 4 nitrogen and oxygen atoms in total. The van der Waals surface area contributed by atoms with Gasteiger partial charge in [0.05, 0.1) is 12.2 Å². The van der Waals surface area contributed by atoms with Crippen LogP contribution < -0.4 is 5.32 Å². The third-order valence-electron chi connectivity index (χ3n) is 3.43. The Hall–Kier alpha value is -1.58. The summed E-state index contributed by atoms with van der Waals surface area (Å²) < 4.78 is 0. The zero-order chi connectivity index (χ0) is 12.8. The van der Waals surface area contributed by atoms with Gasteiger partial charge in [-0.1, -0.05) is 18.9 Å². The third kappa shape index (κ3) is 3.45. The second-order valence-corrected chi connectivity index (χ2v) is 4.77. The summed E-state index contributed by atoms with van der Waals surface area (Å²) in [6, 6.07) is 6.19. The molecule has 0 saturated heterocycles. The fourth-order valence-corrected chi connectivity index (χ4v) is 2.35. The summed E-state index contributed by atoms with van der Waals surface area (Å²) >= 11 is 0. The molecule has 1 N–H and O–H groups in total. The molecule has 1 aliphatic rings. The van der Waals surface area contributed by atoms with Gasteiger partial charge in [-0.3, -0.25) is 4.98 Å². The van der Waals surface area contributed by atoms with Gasteiger partial charge >= 0.3 is 6.03 Å². The van der Waals surface area contributed by atoms with Crippen LogP contribution in [0.1, 0.15) is 38.3 Å². The standard InChI is InChI=1S/C14H21N3O/c1-2-17(11-13-9-5-6-10-15-13)14(18)16-12-7-3-4-8-12/h5-6,9-10,12H,2-4,7-8,11H2,1H3,(H,16,18). The number of rotatable bonds is 4. The van der Waals surface area contributed by atoms with Crippen LogP contribution in [0.3, 0.4) is 0 Å². The molecule has 1 aliphatic carbocycles. The molecule has 0 spiro atoms. The summed E-state index contributed by atoms with van der Waals surface area (Å²) in [6.45, 7) is 3.28. The molecule has 98 valence electrons. The molecule has 1 heterocycles. The van der Waals surface area contributed by atoms with E-state index in [1.165, 1.54) is 12.8 Å².